The number of carbonyl (C=O) groups excluding carboxylic acids is 1. The van der Waals surface area contributed by atoms with Crippen LogP contribution in [0.2, 0.25) is 5.02 Å². The van der Waals surface area contributed by atoms with Gasteiger partial charge in [0.1, 0.15) is 11.9 Å². The summed E-state index contributed by atoms with van der Waals surface area (Å²) in [7, 11) is 0. The molecule has 0 bridgehead atoms. The van der Waals surface area contributed by atoms with E-state index in [0.29, 0.717) is 16.1 Å². The van der Waals surface area contributed by atoms with E-state index in [2.05, 4.69) is 4.74 Å². The molecule has 0 fully saturated rings. The molecule has 2 aromatic rings. The lowest BCUT2D eigenvalue weighted by Crippen LogP contribution is -2.13. The second kappa shape index (κ2) is 6.85. The van der Waals surface area contributed by atoms with Gasteiger partial charge in [0, 0.05) is 10.6 Å². The Hall–Kier alpha value is -1.98. The molecule has 0 saturated heterocycles. The van der Waals surface area contributed by atoms with Gasteiger partial charge in [-0.15, -0.1) is 0 Å². The van der Waals surface area contributed by atoms with E-state index < -0.39 is 18.5 Å². The summed E-state index contributed by atoms with van der Waals surface area (Å²) in [5, 5.41) is 10.5. The number of rotatable bonds is 5. The molecule has 2 rings (SSSR count). The number of aliphatic hydroxyl groups is 1. The summed E-state index contributed by atoms with van der Waals surface area (Å²) >= 11 is 5.81. The number of aryl methyl sites for hydroxylation is 1. The number of carbonyl (C=O) groups is 1. The number of Topliss-reactive ketones (excluding diaryl/α,β-unsaturated/α-hetero) is 1. The maximum Gasteiger partial charge on any atom is 0.387 e. The molecule has 3 nitrogen and oxygen atoms in total. The van der Waals surface area contributed by atoms with Crippen LogP contribution in [0.4, 0.5) is 8.78 Å². The van der Waals surface area contributed by atoms with Crippen LogP contribution in [0, 0.1) is 6.92 Å². The minimum absolute atomic E-state index is 0.00107. The fourth-order valence-corrected chi connectivity index (χ4v) is 2.21. The molecular formula is C16H13ClF2O3. The zero-order valence-electron chi connectivity index (χ0n) is 11.6. The van der Waals surface area contributed by atoms with E-state index in [4.69, 9.17) is 11.6 Å². The summed E-state index contributed by atoms with van der Waals surface area (Å²) < 4.78 is 28.7. The standard InChI is InChI=1S/C16H13ClF2O3/c1-9-7-11(5-6-13(9)22-16(18)19)15(21)14(20)10-3-2-4-12(17)8-10/h2-8,15-16,21H,1H3. The van der Waals surface area contributed by atoms with Crippen molar-refractivity contribution in [3.05, 3.63) is 64.2 Å². The molecule has 0 saturated carbocycles. The average molecular weight is 327 g/mol. The molecule has 2 aromatic carbocycles. The van der Waals surface area contributed by atoms with Crippen LogP contribution in [-0.2, 0) is 0 Å². The third-order valence-electron chi connectivity index (χ3n) is 3.09. The first-order valence-corrected chi connectivity index (χ1v) is 6.79. The van der Waals surface area contributed by atoms with Crippen molar-refractivity contribution in [1.29, 1.82) is 0 Å². The van der Waals surface area contributed by atoms with Gasteiger partial charge in [-0.1, -0.05) is 29.8 Å². The number of ketones is 1. The summed E-state index contributed by atoms with van der Waals surface area (Å²) in [5.74, 6) is -0.523. The van der Waals surface area contributed by atoms with Crippen LogP contribution in [-0.4, -0.2) is 17.5 Å². The average Bonchev–Trinajstić information content (AvgIpc) is 2.47. The van der Waals surface area contributed by atoms with E-state index in [-0.39, 0.29) is 11.3 Å². The molecule has 1 N–H and O–H groups in total. The van der Waals surface area contributed by atoms with Crippen LogP contribution >= 0.6 is 11.6 Å². The SMILES string of the molecule is Cc1cc(C(O)C(=O)c2cccc(Cl)c2)ccc1OC(F)F. The fourth-order valence-electron chi connectivity index (χ4n) is 2.02. The quantitative estimate of drug-likeness (QED) is 0.839. The maximum atomic E-state index is 12.2. The zero-order chi connectivity index (χ0) is 16.3. The van der Waals surface area contributed by atoms with Crippen LogP contribution in [0.5, 0.6) is 5.75 Å². The van der Waals surface area contributed by atoms with E-state index in [1.165, 1.54) is 24.3 Å². The Bertz CT molecular complexity index is 689. The van der Waals surface area contributed by atoms with Crippen LogP contribution in [0.3, 0.4) is 0 Å². The number of halogens is 3. The Kier molecular flexibility index (Phi) is 5.11. The first kappa shape index (κ1) is 16.4. The third-order valence-corrected chi connectivity index (χ3v) is 3.32. The first-order chi connectivity index (χ1) is 10.4. The Balaban J connectivity index is 2.24. The van der Waals surface area contributed by atoms with Gasteiger partial charge in [-0.25, -0.2) is 0 Å². The van der Waals surface area contributed by atoms with Crippen molar-refractivity contribution in [3.63, 3.8) is 0 Å². The minimum Gasteiger partial charge on any atom is -0.435 e. The molecule has 6 heteroatoms. The Morgan fingerprint density at radius 1 is 1.23 bits per heavy atom. The lowest BCUT2D eigenvalue weighted by atomic mass is 9.98. The molecule has 0 amide bonds. The molecule has 0 aromatic heterocycles. The van der Waals surface area contributed by atoms with E-state index in [9.17, 15) is 18.7 Å². The van der Waals surface area contributed by atoms with Gasteiger partial charge >= 0.3 is 6.61 Å². The highest BCUT2D eigenvalue weighted by Gasteiger charge is 2.20. The summed E-state index contributed by atoms with van der Waals surface area (Å²) in [4.78, 5) is 12.2. The lowest BCUT2D eigenvalue weighted by Gasteiger charge is -2.13. The smallest absolute Gasteiger partial charge is 0.387 e. The van der Waals surface area contributed by atoms with E-state index >= 15 is 0 Å². The molecule has 1 atom stereocenters. The molecule has 0 radical (unpaired) electrons. The van der Waals surface area contributed by atoms with Gasteiger partial charge in [0.15, 0.2) is 5.78 Å². The number of aliphatic hydroxyl groups excluding tert-OH is 1. The fraction of sp³-hybridized carbons (Fsp3) is 0.188. The highest BCUT2D eigenvalue weighted by molar-refractivity contribution is 6.31. The van der Waals surface area contributed by atoms with Crippen molar-refractivity contribution in [2.24, 2.45) is 0 Å². The second-order valence-corrected chi connectivity index (χ2v) is 5.12. The Labute approximate surface area is 131 Å². The molecule has 116 valence electrons. The van der Waals surface area contributed by atoms with Crippen LogP contribution in [0.15, 0.2) is 42.5 Å². The van der Waals surface area contributed by atoms with Crippen LogP contribution < -0.4 is 4.74 Å². The number of benzene rings is 2. The predicted octanol–water partition coefficient (Wildman–Crippen LogP) is 4.17. The topological polar surface area (TPSA) is 46.5 Å². The van der Waals surface area contributed by atoms with Gasteiger partial charge in [0.2, 0.25) is 0 Å². The van der Waals surface area contributed by atoms with Gasteiger partial charge in [-0.05, 0) is 42.3 Å². The zero-order valence-corrected chi connectivity index (χ0v) is 12.3. The molecule has 0 aliphatic rings. The van der Waals surface area contributed by atoms with E-state index in [1.807, 2.05) is 0 Å². The summed E-state index contributed by atoms with van der Waals surface area (Å²) in [6, 6.07) is 10.3. The van der Waals surface area contributed by atoms with Crippen molar-refractivity contribution in [3.8, 4) is 5.75 Å². The Morgan fingerprint density at radius 3 is 2.55 bits per heavy atom. The van der Waals surface area contributed by atoms with Crippen molar-refractivity contribution in [1.82, 2.24) is 0 Å². The largest absolute Gasteiger partial charge is 0.435 e. The minimum atomic E-state index is -2.93. The highest BCUT2D eigenvalue weighted by atomic mass is 35.5. The molecule has 0 aliphatic carbocycles. The second-order valence-electron chi connectivity index (χ2n) is 4.68. The first-order valence-electron chi connectivity index (χ1n) is 6.41. The number of hydrogen-bond acceptors (Lipinski definition) is 3. The predicted molar refractivity (Wildman–Crippen MR) is 78.6 cm³/mol. The van der Waals surface area contributed by atoms with E-state index in [0.717, 1.165) is 0 Å². The number of alkyl halides is 2. The molecule has 0 aliphatic heterocycles. The van der Waals surface area contributed by atoms with E-state index in [1.54, 1.807) is 25.1 Å². The van der Waals surface area contributed by atoms with Gasteiger partial charge in [-0.2, -0.15) is 8.78 Å². The highest BCUT2D eigenvalue weighted by Crippen LogP contribution is 2.26. The van der Waals surface area contributed by atoms with Crippen LogP contribution in [0.25, 0.3) is 0 Å². The van der Waals surface area contributed by atoms with Crippen molar-refractivity contribution >= 4 is 17.4 Å². The number of ether oxygens (including phenoxy) is 1. The van der Waals surface area contributed by atoms with Gasteiger partial charge < -0.3 is 9.84 Å². The molecule has 22 heavy (non-hydrogen) atoms. The lowest BCUT2D eigenvalue weighted by molar-refractivity contribution is -0.0503. The van der Waals surface area contributed by atoms with Crippen LogP contribution in [0.1, 0.15) is 27.6 Å². The van der Waals surface area contributed by atoms with Gasteiger partial charge in [0.05, 0.1) is 0 Å². The maximum absolute atomic E-state index is 12.2. The molecule has 0 spiro atoms. The monoisotopic (exact) mass is 326 g/mol. The number of hydrogen-bond donors (Lipinski definition) is 1. The van der Waals surface area contributed by atoms with Gasteiger partial charge in [-0.3, -0.25) is 4.79 Å². The summed E-state index contributed by atoms with van der Waals surface area (Å²) in [6.45, 7) is -1.37. The van der Waals surface area contributed by atoms with Gasteiger partial charge in [0.25, 0.3) is 0 Å². The summed E-state index contributed by atoms with van der Waals surface area (Å²) in [6.07, 6.45) is -1.40. The molecule has 0 heterocycles. The van der Waals surface area contributed by atoms with Crippen molar-refractivity contribution in [2.45, 2.75) is 19.6 Å². The summed E-state index contributed by atoms with van der Waals surface area (Å²) in [5.41, 5.74) is 0.963. The normalized spacial score (nSPS) is 12.3. The Morgan fingerprint density at radius 2 is 1.95 bits per heavy atom. The van der Waals surface area contributed by atoms with Crippen molar-refractivity contribution in [2.75, 3.05) is 0 Å². The molecular weight excluding hydrogens is 314 g/mol. The van der Waals surface area contributed by atoms with Crippen molar-refractivity contribution < 1.29 is 23.4 Å². The third kappa shape index (κ3) is 3.81. The molecule has 1 unspecified atom stereocenters.